The molecule has 0 saturated carbocycles. The number of thioether (sulfide) groups is 1. The number of benzene rings is 1. The molecule has 0 atom stereocenters. The Labute approximate surface area is 158 Å². The van der Waals surface area contributed by atoms with Gasteiger partial charge in [-0.25, -0.2) is 4.98 Å². The monoisotopic (exact) mass is 420 g/mol. The van der Waals surface area contributed by atoms with Crippen molar-refractivity contribution >= 4 is 39.5 Å². The Kier molecular flexibility index (Phi) is 5.60. The predicted octanol–water partition coefficient (Wildman–Crippen LogP) is 4.36. The van der Waals surface area contributed by atoms with Crippen LogP contribution < -0.4 is 5.32 Å². The summed E-state index contributed by atoms with van der Waals surface area (Å²) in [5.74, 6) is 0.450. The van der Waals surface area contributed by atoms with Crippen LogP contribution in [0.15, 0.2) is 50.7 Å². The van der Waals surface area contributed by atoms with Gasteiger partial charge in [0.05, 0.1) is 23.3 Å². The van der Waals surface area contributed by atoms with E-state index in [0.717, 1.165) is 33.1 Å². The van der Waals surface area contributed by atoms with Crippen LogP contribution in [0.3, 0.4) is 0 Å². The Morgan fingerprint density at radius 3 is 2.76 bits per heavy atom. The molecule has 25 heavy (non-hydrogen) atoms. The molecule has 0 fully saturated rings. The summed E-state index contributed by atoms with van der Waals surface area (Å²) < 4.78 is 8.12. The molecule has 2 heterocycles. The molecule has 3 rings (SSSR count). The molecular weight excluding hydrogens is 404 g/mol. The highest BCUT2D eigenvalue weighted by Crippen LogP contribution is 2.27. The Morgan fingerprint density at radius 1 is 1.36 bits per heavy atom. The average molecular weight is 421 g/mol. The average Bonchev–Trinajstić information content (AvgIpc) is 3.19. The first kappa shape index (κ1) is 17.8. The SMILES string of the molecule is CCn1c(-c2ccc(Br)cc2)cnc1SCC(=O)Nc1cc(C)no1. The molecule has 0 saturated heterocycles. The molecule has 6 nitrogen and oxygen atoms in total. The number of carbonyl (C=O) groups excluding carboxylic acids is 1. The first-order valence-electron chi connectivity index (χ1n) is 7.74. The number of amides is 1. The quantitative estimate of drug-likeness (QED) is 0.599. The Bertz CT molecular complexity index is 873. The number of aromatic nitrogens is 3. The number of nitrogens with one attached hydrogen (secondary N) is 1. The molecule has 130 valence electrons. The summed E-state index contributed by atoms with van der Waals surface area (Å²) in [7, 11) is 0. The van der Waals surface area contributed by atoms with E-state index in [1.54, 1.807) is 13.0 Å². The van der Waals surface area contributed by atoms with Crippen molar-refractivity contribution in [3.05, 3.63) is 46.7 Å². The maximum atomic E-state index is 12.0. The van der Waals surface area contributed by atoms with Crippen LogP contribution in [0, 0.1) is 6.92 Å². The number of carbonyl (C=O) groups is 1. The Morgan fingerprint density at radius 2 is 2.12 bits per heavy atom. The highest BCUT2D eigenvalue weighted by Gasteiger charge is 2.13. The van der Waals surface area contributed by atoms with Gasteiger partial charge in [0.25, 0.3) is 0 Å². The number of halogens is 1. The Balaban J connectivity index is 1.68. The Hall–Kier alpha value is -2.06. The van der Waals surface area contributed by atoms with Crippen molar-refractivity contribution in [2.24, 2.45) is 0 Å². The van der Waals surface area contributed by atoms with Gasteiger partial charge in [0.15, 0.2) is 5.16 Å². The van der Waals surface area contributed by atoms with E-state index in [4.69, 9.17) is 4.52 Å². The number of imidazole rings is 1. The largest absolute Gasteiger partial charge is 0.338 e. The lowest BCUT2D eigenvalue weighted by atomic mass is 10.2. The first-order chi connectivity index (χ1) is 12.1. The third kappa shape index (κ3) is 4.32. The lowest BCUT2D eigenvalue weighted by molar-refractivity contribution is -0.113. The van der Waals surface area contributed by atoms with Gasteiger partial charge >= 0.3 is 0 Å². The van der Waals surface area contributed by atoms with Crippen molar-refractivity contribution < 1.29 is 9.32 Å². The maximum Gasteiger partial charge on any atom is 0.237 e. The minimum Gasteiger partial charge on any atom is -0.338 e. The van der Waals surface area contributed by atoms with Gasteiger partial charge < -0.3 is 9.09 Å². The normalized spacial score (nSPS) is 10.8. The van der Waals surface area contributed by atoms with Gasteiger partial charge in [-0.2, -0.15) is 0 Å². The molecule has 2 aromatic heterocycles. The molecule has 0 radical (unpaired) electrons. The lowest BCUT2D eigenvalue weighted by Crippen LogP contribution is -2.14. The molecule has 1 N–H and O–H groups in total. The fourth-order valence-electron chi connectivity index (χ4n) is 2.36. The van der Waals surface area contributed by atoms with Crippen LogP contribution in [0.25, 0.3) is 11.3 Å². The number of hydrogen-bond acceptors (Lipinski definition) is 5. The molecule has 0 aliphatic carbocycles. The van der Waals surface area contributed by atoms with Gasteiger partial charge in [0.2, 0.25) is 11.8 Å². The van der Waals surface area contributed by atoms with Crippen molar-refractivity contribution in [3.63, 3.8) is 0 Å². The molecule has 0 aliphatic heterocycles. The van der Waals surface area contributed by atoms with Crippen molar-refractivity contribution in [1.82, 2.24) is 14.7 Å². The van der Waals surface area contributed by atoms with Crippen LogP contribution in [0.4, 0.5) is 5.88 Å². The molecule has 1 amide bonds. The van der Waals surface area contributed by atoms with Gasteiger partial charge in [-0.15, -0.1) is 0 Å². The standard InChI is InChI=1S/C17H17BrN4O2S/c1-3-22-14(12-4-6-13(18)7-5-12)9-19-17(22)25-10-15(23)20-16-8-11(2)21-24-16/h4-9H,3,10H2,1-2H3,(H,20,23). The summed E-state index contributed by atoms with van der Waals surface area (Å²) in [5, 5.41) is 7.24. The smallest absolute Gasteiger partial charge is 0.237 e. The third-order valence-electron chi connectivity index (χ3n) is 3.50. The highest BCUT2D eigenvalue weighted by molar-refractivity contribution is 9.10. The van der Waals surface area contributed by atoms with E-state index in [9.17, 15) is 4.79 Å². The first-order valence-corrected chi connectivity index (χ1v) is 9.52. The third-order valence-corrected chi connectivity index (χ3v) is 5.02. The molecule has 0 spiro atoms. The van der Waals surface area contributed by atoms with Crippen LogP contribution in [0.2, 0.25) is 0 Å². The molecular formula is C17H17BrN4O2S. The van der Waals surface area contributed by atoms with E-state index in [0.29, 0.717) is 5.88 Å². The van der Waals surface area contributed by atoms with E-state index < -0.39 is 0 Å². The van der Waals surface area contributed by atoms with E-state index in [-0.39, 0.29) is 11.7 Å². The van der Waals surface area contributed by atoms with Crippen LogP contribution in [0.5, 0.6) is 0 Å². The van der Waals surface area contributed by atoms with E-state index in [2.05, 4.69) is 42.9 Å². The highest BCUT2D eigenvalue weighted by atomic mass is 79.9. The summed E-state index contributed by atoms with van der Waals surface area (Å²) >= 11 is 4.84. The minimum absolute atomic E-state index is 0.156. The van der Waals surface area contributed by atoms with Crippen molar-refractivity contribution in [2.45, 2.75) is 25.5 Å². The summed E-state index contributed by atoms with van der Waals surface area (Å²) in [5.41, 5.74) is 2.85. The van der Waals surface area contributed by atoms with Crippen LogP contribution >= 0.6 is 27.7 Å². The predicted molar refractivity (Wildman–Crippen MR) is 102 cm³/mol. The molecule has 3 aromatic rings. The second-order valence-electron chi connectivity index (χ2n) is 5.35. The van der Waals surface area contributed by atoms with E-state index in [1.807, 2.05) is 30.5 Å². The summed E-state index contributed by atoms with van der Waals surface area (Å²) in [4.78, 5) is 16.5. The second kappa shape index (κ2) is 7.88. The zero-order valence-corrected chi connectivity index (χ0v) is 16.2. The fourth-order valence-corrected chi connectivity index (χ4v) is 3.46. The molecule has 0 aliphatic rings. The minimum atomic E-state index is -0.156. The van der Waals surface area contributed by atoms with Gasteiger partial charge in [0, 0.05) is 17.1 Å². The zero-order valence-electron chi connectivity index (χ0n) is 13.8. The van der Waals surface area contributed by atoms with Gasteiger partial charge in [-0.3, -0.25) is 10.1 Å². The van der Waals surface area contributed by atoms with Crippen molar-refractivity contribution in [3.8, 4) is 11.3 Å². The van der Waals surface area contributed by atoms with Crippen LogP contribution in [-0.2, 0) is 11.3 Å². The maximum absolute atomic E-state index is 12.0. The fraction of sp³-hybridized carbons (Fsp3) is 0.235. The number of aryl methyl sites for hydroxylation is 1. The molecule has 0 unspecified atom stereocenters. The van der Waals surface area contributed by atoms with E-state index >= 15 is 0 Å². The lowest BCUT2D eigenvalue weighted by Gasteiger charge is -2.09. The number of anilines is 1. The number of nitrogens with zero attached hydrogens (tertiary/aromatic N) is 3. The van der Waals surface area contributed by atoms with Crippen LogP contribution in [0.1, 0.15) is 12.6 Å². The van der Waals surface area contributed by atoms with Gasteiger partial charge in [0.1, 0.15) is 0 Å². The van der Waals surface area contributed by atoms with Crippen LogP contribution in [-0.4, -0.2) is 26.4 Å². The van der Waals surface area contributed by atoms with E-state index in [1.165, 1.54) is 11.8 Å². The van der Waals surface area contributed by atoms with Gasteiger partial charge in [-0.05, 0) is 31.5 Å². The van der Waals surface area contributed by atoms with Gasteiger partial charge in [-0.1, -0.05) is 45.0 Å². The summed E-state index contributed by atoms with van der Waals surface area (Å²) in [6, 6.07) is 9.77. The molecule has 8 heteroatoms. The topological polar surface area (TPSA) is 73.0 Å². The van der Waals surface area contributed by atoms with Crippen molar-refractivity contribution in [1.29, 1.82) is 0 Å². The summed E-state index contributed by atoms with van der Waals surface area (Å²) in [6.07, 6.45) is 1.84. The second-order valence-corrected chi connectivity index (χ2v) is 7.20. The van der Waals surface area contributed by atoms with Crippen molar-refractivity contribution in [2.75, 3.05) is 11.1 Å². The number of hydrogen-bond donors (Lipinski definition) is 1. The number of rotatable bonds is 6. The molecule has 0 bridgehead atoms. The molecule has 1 aromatic carbocycles. The summed E-state index contributed by atoms with van der Waals surface area (Å²) in [6.45, 7) is 4.64. The zero-order chi connectivity index (χ0) is 17.8.